The van der Waals surface area contributed by atoms with Crippen molar-refractivity contribution in [1.82, 2.24) is 19.7 Å². The van der Waals surface area contributed by atoms with E-state index in [4.69, 9.17) is 5.11 Å². The summed E-state index contributed by atoms with van der Waals surface area (Å²) >= 11 is 0. The molecule has 2 aliphatic rings. The molecule has 27 heavy (non-hydrogen) atoms. The molecule has 2 fully saturated rings. The molecule has 0 unspecified atom stereocenters. The molecular weight excluding hydrogens is 340 g/mol. The standard InChI is InChI=1S/C21H26N4O2/c26-8-2-1-3-16-4-6-17(7-5-16)11-24-12-18-9-20(25-15-22-14-23-25)21(27)10-19(18)13-24/h4-7,14-15,18-21,26-27H,2,8-13H2/t18-,19+,20-,21-/m1/s1. The summed E-state index contributed by atoms with van der Waals surface area (Å²) in [5.41, 5.74) is 2.27. The van der Waals surface area contributed by atoms with Crippen LogP contribution in [-0.4, -0.2) is 55.7 Å². The van der Waals surface area contributed by atoms with Crippen LogP contribution in [0, 0.1) is 23.7 Å². The minimum absolute atomic E-state index is 0.0467. The Hall–Kier alpha value is -2.20. The summed E-state index contributed by atoms with van der Waals surface area (Å²) in [5, 5.41) is 23.6. The lowest BCUT2D eigenvalue weighted by Crippen LogP contribution is -2.36. The van der Waals surface area contributed by atoms with Crippen molar-refractivity contribution in [1.29, 1.82) is 0 Å². The van der Waals surface area contributed by atoms with Crippen LogP contribution < -0.4 is 0 Å². The minimum atomic E-state index is -0.343. The lowest BCUT2D eigenvalue weighted by atomic mass is 9.77. The summed E-state index contributed by atoms with van der Waals surface area (Å²) in [5.74, 6) is 7.18. The van der Waals surface area contributed by atoms with E-state index in [2.05, 4.69) is 39.0 Å². The third kappa shape index (κ3) is 4.22. The molecule has 142 valence electrons. The van der Waals surface area contributed by atoms with Crippen LogP contribution in [0.1, 0.15) is 36.4 Å². The highest BCUT2D eigenvalue weighted by atomic mass is 16.3. The Morgan fingerprint density at radius 3 is 2.59 bits per heavy atom. The molecule has 2 aromatic rings. The molecule has 2 heterocycles. The van der Waals surface area contributed by atoms with Crippen LogP contribution in [0.3, 0.4) is 0 Å². The molecule has 0 radical (unpaired) electrons. The Labute approximate surface area is 159 Å². The number of aliphatic hydroxyl groups is 2. The molecule has 1 saturated carbocycles. The van der Waals surface area contributed by atoms with Crippen molar-refractivity contribution >= 4 is 0 Å². The van der Waals surface area contributed by atoms with Crippen molar-refractivity contribution in [2.45, 2.75) is 38.0 Å². The molecule has 0 amide bonds. The van der Waals surface area contributed by atoms with E-state index in [0.717, 1.165) is 38.0 Å². The lowest BCUT2D eigenvalue weighted by molar-refractivity contribution is 0.0304. The van der Waals surface area contributed by atoms with Gasteiger partial charge < -0.3 is 10.2 Å². The van der Waals surface area contributed by atoms with E-state index in [0.29, 0.717) is 18.3 Å². The van der Waals surface area contributed by atoms with Crippen molar-refractivity contribution in [2.24, 2.45) is 11.8 Å². The van der Waals surface area contributed by atoms with Gasteiger partial charge in [-0.1, -0.05) is 24.0 Å². The maximum Gasteiger partial charge on any atom is 0.137 e. The van der Waals surface area contributed by atoms with Gasteiger partial charge in [0, 0.05) is 31.6 Å². The Balaban J connectivity index is 1.35. The molecular formula is C21H26N4O2. The van der Waals surface area contributed by atoms with E-state index in [1.165, 1.54) is 11.9 Å². The normalized spacial score (nSPS) is 27.8. The number of aromatic nitrogens is 3. The van der Waals surface area contributed by atoms with E-state index in [9.17, 15) is 5.11 Å². The summed E-state index contributed by atoms with van der Waals surface area (Å²) in [6.45, 7) is 3.15. The zero-order valence-corrected chi connectivity index (χ0v) is 15.4. The number of fused-ring (bicyclic) bond motifs is 1. The van der Waals surface area contributed by atoms with Gasteiger partial charge >= 0.3 is 0 Å². The second-order valence-corrected chi connectivity index (χ2v) is 7.67. The third-order valence-corrected chi connectivity index (χ3v) is 5.79. The second kappa shape index (κ2) is 8.22. The molecule has 6 nitrogen and oxygen atoms in total. The first-order chi connectivity index (χ1) is 13.2. The number of rotatable bonds is 4. The number of hydrogen-bond donors (Lipinski definition) is 2. The number of nitrogens with zero attached hydrogens (tertiary/aromatic N) is 4. The van der Waals surface area contributed by atoms with Gasteiger partial charge in [-0.3, -0.25) is 4.90 Å². The van der Waals surface area contributed by atoms with E-state index >= 15 is 0 Å². The van der Waals surface area contributed by atoms with E-state index in [1.54, 1.807) is 6.33 Å². The number of hydrogen-bond acceptors (Lipinski definition) is 5. The molecule has 0 spiro atoms. The fraction of sp³-hybridized carbons (Fsp3) is 0.524. The summed E-state index contributed by atoms with van der Waals surface area (Å²) in [4.78, 5) is 6.53. The van der Waals surface area contributed by atoms with Gasteiger partial charge in [0.15, 0.2) is 0 Å². The summed E-state index contributed by atoms with van der Waals surface area (Å²) < 4.78 is 1.82. The first-order valence-electron chi connectivity index (χ1n) is 9.66. The molecule has 1 aliphatic heterocycles. The fourth-order valence-corrected chi connectivity index (χ4v) is 4.48. The summed E-state index contributed by atoms with van der Waals surface area (Å²) in [7, 11) is 0. The topological polar surface area (TPSA) is 74.4 Å². The third-order valence-electron chi connectivity index (χ3n) is 5.79. The van der Waals surface area contributed by atoms with Gasteiger partial charge in [0.25, 0.3) is 0 Å². The van der Waals surface area contributed by atoms with Gasteiger partial charge in [0.1, 0.15) is 12.7 Å². The van der Waals surface area contributed by atoms with Gasteiger partial charge in [-0.25, -0.2) is 9.67 Å². The van der Waals surface area contributed by atoms with Crippen LogP contribution in [0.4, 0.5) is 0 Å². The van der Waals surface area contributed by atoms with Gasteiger partial charge in [0.05, 0.1) is 18.8 Å². The summed E-state index contributed by atoms with van der Waals surface area (Å²) in [6.07, 6.45) is 5.23. The molecule has 1 aromatic heterocycles. The van der Waals surface area contributed by atoms with Crippen molar-refractivity contribution < 1.29 is 10.2 Å². The van der Waals surface area contributed by atoms with Gasteiger partial charge in [0.2, 0.25) is 0 Å². The van der Waals surface area contributed by atoms with Crippen LogP contribution in [0.5, 0.6) is 0 Å². The van der Waals surface area contributed by atoms with Crippen molar-refractivity contribution in [3.63, 3.8) is 0 Å². The van der Waals surface area contributed by atoms with E-state index in [-0.39, 0.29) is 18.8 Å². The van der Waals surface area contributed by atoms with Gasteiger partial charge in [-0.05, 0) is 42.4 Å². The first kappa shape index (κ1) is 18.2. The molecule has 2 N–H and O–H groups in total. The number of benzene rings is 1. The van der Waals surface area contributed by atoms with Crippen LogP contribution in [0.15, 0.2) is 36.9 Å². The average molecular weight is 366 g/mol. The molecule has 1 saturated heterocycles. The largest absolute Gasteiger partial charge is 0.395 e. The van der Waals surface area contributed by atoms with Crippen molar-refractivity contribution in [3.05, 3.63) is 48.0 Å². The summed E-state index contributed by atoms with van der Waals surface area (Å²) in [6, 6.07) is 8.42. The monoisotopic (exact) mass is 366 g/mol. The zero-order chi connectivity index (χ0) is 18.6. The van der Waals surface area contributed by atoms with Gasteiger partial charge in [-0.2, -0.15) is 5.10 Å². The fourth-order valence-electron chi connectivity index (χ4n) is 4.48. The predicted molar refractivity (Wildman–Crippen MR) is 102 cm³/mol. The van der Waals surface area contributed by atoms with Gasteiger partial charge in [-0.15, -0.1) is 0 Å². The SMILES string of the molecule is OCCC#Cc1ccc(CN2C[C@H]3C[C@@H](n4cncn4)[C@H](O)C[C@H]3C2)cc1. The maximum absolute atomic E-state index is 10.5. The highest BCUT2D eigenvalue weighted by molar-refractivity contribution is 5.36. The molecule has 0 bridgehead atoms. The Kier molecular flexibility index (Phi) is 5.53. The lowest BCUT2D eigenvalue weighted by Gasteiger charge is -2.35. The number of aliphatic hydroxyl groups excluding tert-OH is 2. The van der Waals surface area contributed by atoms with Crippen LogP contribution in [0.25, 0.3) is 0 Å². The van der Waals surface area contributed by atoms with E-state index in [1.807, 2.05) is 16.8 Å². The maximum atomic E-state index is 10.5. The smallest absolute Gasteiger partial charge is 0.137 e. The Morgan fingerprint density at radius 1 is 1.11 bits per heavy atom. The van der Waals surface area contributed by atoms with Crippen LogP contribution in [0.2, 0.25) is 0 Å². The number of likely N-dealkylation sites (tertiary alicyclic amines) is 1. The van der Waals surface area contributed by atoms with E-state index < -0.39 is 0 Å². The highest BCUT2D eigenvalue weighted by Crippen LogP contribution is 2.41. The van der Waals surface area contributed by atoms with Crippen molar-refractivity contribution in [3.8, 4) is 11.8 Å². The Morgan fingerprint density at radius 2 is 1.89 bits per heavy atom. The van der Waals surface area contributed by atoms with Crippen molar-refractivity contribution in [2.75, 3.05) is 19.7 Å². The zero-order valence-electron chi connectivity index (χ0n) is 15.4. The molecule has 4 atom stereocenters. The minimum Gasteiger partial charge on any atom is -0.395 e. The van der Waals surface area contributed by atoms with Crippen LogP contribution >= 0.6 is 0 Å². The quantitative estimate of drug-likeness (QED) is 0.802. The molecule has 6 heteroatoms. The Bertz CT molecular complexity index is 794. The highest BCUT2D eigenvalue weighted by Gasteiger charge is 2.42. The molecule has 1 aliphatic carbocycles. The first-order valence-corrected chi connectivity index (χ1v) is 9.66. The second-order valence-electron chi connectivity index (χ2n) is 7.67. The average Bonchev–Trinajstić information content (AvgIpc) is 3.32. The molecule has 4 rings (SSSR count). The van der Waals surface area contributed by atoms with Crippen LogP contribution in [-0.2, 0) is 6.54 Å². The molecule has 1 aromatic carbocycles. The predicted octanol–water partition coefficient (Wildman–Crippen LogP) is 1.46.